The lowest BCUT2D eigenvalue weighted by molar-refractivity contribution is -0.123. The van der Waals surface area contributed by atoms with Gasteiger partial charge in [-0.15, -0.1) is 0 Å². The number of piperazine rings is 1. The molecule has 11 heteroatoms. The molecule has 0 saturated carbocycles. The van der Waals surface area contributed by atoms with Crippen LogP contribution in [0.15, 0.2) is 28.0 Å². The van der Waals surface area contributed by atoms with E-state index in [1.807, 2.05) is 31.7 Å². The molecule has 35 heavy (non-hydrogen) atoms. The van der Waals surface area contributed by atoms with Crippen LogP contribution in [0, 0.1) is 6.92 Å². The second-order valence-corrected chi connectivity index (χ2v) is 10.2. The van der Waals surface area contributed by atoms with Crippen LogP contribution in [-0.4, -0.2) is 74.3 Å². The van der Waals surface area contributed by atoms with Gasteiger partial charge in [0.05, 0.1) is 17.1 Å². The molecule has 186 valence electrons. The summed E-state index contributed by atoms with van der Waals surface area (Å²) in [6.45, 7) is 9.83. The molecule has 0 unspecified atom stereocenters. The Balaban J connectivity index is 1.77. The normalized spacial score (nSPS) is 18.6. The minimum atomic E-state index is -0.344. The molecule has 2 saturated heterocycles. The van der Waals surface area contributed by atoms with E-state index in [9.17, 15) is 14.4 Å². The Labute approximate surface area is 213 Å². The first kappa shape index (κ1) is 25.2. The summed E-state index contributed by atoms with van der Waals surface area (Å²) >= 11 is 6.67. The molecule has 0 N–H and O–H groups in total. The number of aromatic nitrogens is 2. The number of hydrogen-bond acceptors (Lipinski definition) is 8. The first-order chi connectivity index (χ1) is 16.8. The van der Waals surface area contributed by atoms with Crippen molar-refractivity contribution in [2.24, 2.45) is 0 Å². The third kappa shape index (κ3) is 4.79. The second-order valence-electron chi connectivity index (χ2n) is 8.52. The summed E-state index contributed by atoms with van der Waals surface area (Å²) in [5.41, 5.74) is 1.51. The Morgan fingerprint density at radius 1 is 1.26 bits per heavy atom. The fraction of sp³-hybridized carbons (Fsp3) is 0.458. The zero-order chi connectivity index (χ0) is 25.3. The van der Waals surface area contributed by atoms with E-state index in [-0.39, 0.29) is 23.6 Å². The summed E-state index contributed by atoms with van der Waals surface area (Å²) in [6, 6.07) is 3.68. The number of thioether (sulfide) groups is 1. The van der Waals surface area contributed by atoms with Crippen LogP contribution in [0.2, 0.25) is 0 Å². The number of rotatable bonds is 5. The van der Waals surface area contributed by atoms with E-state index < -0.39 is 0 Å². The van der Waals surface area contributed by atoms with Crippen LogP contribution >= 0.6 is 24.0 Å². The summed E-state index contributed by atoms with van der Waals surface area (Å²) in [5, 5.41) is 0. The molecule has 2 aliphatic heterocycles. The first-order valence-electron chi connectivity index (χ1n) is 11.7. The third-order valence-electron chi connectivity index (χ3n) is 6.30. The summed E-state index contributed by atoms with van der Waals surface area (Å²) < 4.78 is 7.12. The number of nitrogens with zero attached hydrogens (tertiary/aromatic N) is 5. The highest BCUT2D eigenvalue weighted by Gasteiger charge is 2.35. The molecule has 0 bridgehead atoms. The van der Waals surface area contributed by atoms with Crippen molar-refractivity contribution in [3.05, 3.63) is 44.7 Å². The van der Waals surface area contributed by atoms with Gasteiger partial charge in [-0.3, -0.25) is 18.9 Å². The number of aryl methyl sites for hydroxylation is 1. The van der Waals surface area contributed by atoms with Crippen molar-refractivity contribution in [2.45, 2.75) is 40.2 Å². The van der Waals surface area contributed by atoms with Gasteiger partial charge in [-0.1, -0.05) is 37.0 Å². The SMILES string of the molecule is CCOC(=O)N1CCN(c2nc3c(C)cccn3c(=O)c2/C=C2\SC(=S)N([C@@H](C)CC)C2=O)CC1. The Kier molecular flexibility index (Phi) is 7.46. The van der Waals surface area contributed by atoms with Crippen molar-refractivity contribution in [1.29, 1.82) is 0 Å². The lowest BCUT2D eigenvalue weighted by Gasteiger charge is -2.35. The summed E-state index contributed by atoms with van der Waals surface area (Å²) in [5.74, 6) is 0.308. The van der Waals surface area contributed by atoms with Gasteiger partial charge in [0.2, 0.25) is 0 Å². The molecular weight excluding hydrogens is 486 g/mol. The molecule has 4 heterocycles. The number of fused-ring (bicyclic) bond motifs is 1. The maximum Gasteiger partial charge on any atom is 0.409 e. The highest BCUT2D eigenvalue weighted by molar-refractivity contribution is 8.26. The Hall–Kier alpha value is -2.92. The lowest BCUT2D eigenvalue weighted by Crippen LogP contribution is -2.49. The highest BCUT2D eigenvalue weighted by atomic mass is 32.2. The van der Waals surface area contributed by atoms with Crippen molar-refractivity contribution in [2.75, 3.05) is 37.7 Å². The van der Waals surface area contributed by atoms with Crippen molar-refractivity contribution in [3.8, 4) is 0 Å². The van der Waals surface area contributed by atoms with E-state index in [0.29, 0.717) is 59.0 Å². The molecule has 2 aromatic heterocycles. The maximum atomic E-state index is 13.6. The van der Waals surface area contributed by atoms with Crippen LogP contribution in [-0.2, 0) is 9.53 Å². The van der Waals surface area contributed by atoms with E-state index in [1.54, 1.807) is 35.1 Å². The molecule has 9 nitrogen and oxygen atoms in total. The largest absolute Gasteiger partial charge is 0.450 e. The molecule has 2 aliphatic rings. The van der Waals surface area contributed by atoms with Crippen LogP contribution in [0.3, 0.4) is 0 Å². The monoisotopic (exact) mass is 515 g/mol. The van der Waals surface area contributed by atoms with E-state index in [4.69, 9.17) is 21.9 Å². The Bertz CT molecular complexity index is 1270. The fourth-order valence-corrected chi connectivity index (χ4v) is 5.60. The van der Waals surface area contributed by atoms with Gasteiger partial charge in [0.1, 0.15) is 15.8 Å². The predicted molar refractivity (Wildman–Crippen MR) is 142 cm³/mol. The van der Waals surface area contributed by atoms with Crippen molar-refractivity contribution in [3.63, 3.8) is 0 Å². The molecule has 2 fully saturated rings. The van der Waals surface area contributed by atoms with Crippen LogP contribution in [0.25, 0.3) is 11.7 Å². The van der Waals surface area contributed by atoms with E-state index in [0.717, 1.165) is 12.0 Å². The fourth-order valence-electron chi connectivity index (χ4n) is 4.16. The van der Waals surface area contributed by atoms with Gasteiger partial charge in [0.25, 0.3) is 11.5 Å². The number of pyridine rings is 1. The minimum Gasteiger partial charge on any atom is -0.450 e. The predicted octanol–water partition coefficient (Wildman–Crippen LogP) is 3.28. The van der Waals surface area contributed by atoms with Crippen LogP contribution in [0.5, 0.6) is 0 Å². The van der Waals surface area contributed by atoms with E-state index in [1.165, 1.54) is 16.2 Å². The van der Waals surface area contributed by atoms with E-state index >= 15 is 0 Å². The van der Waals surface area contributed by atoms with Crippen molar-refractivity contribution >= 4 is 57.8 Å². The van der Waals surface area contributed by atoms with Gasteiger partial charge in [0.15, 0.2) is 0 Å². The van der Waals surface area contributed by atoms with Gasteiger partial charge < -0.3 is 14.5 Å². The Morgan fingerprint density at radius 3 is 2.63 bits per heavy atom. The van der Waals surface area contributed by atoms with Crippen LogP contribution < -0.4 is 10.5 Å². The topological polar surface area (TPSA) is 87.5 Å². The lowest BCUT2D eigenvalue weighted by atomic mass is 10.2. The first-order valence-corrected chi connectivity index (χ1v) is 12.9. The number of hydrogen-bond donors (Lipinski definition) is 0. The molecular formula is C24H29N5O4S2. The zero-order valence-corrected chi connectivity index (χ0v) is 21.9. The molecule has 2 amide bonds. The highest BCUT2D eigenvalue weighted by Crippen LogP contribution is 2.35. The number of thiocarbonyl (C=S) groups is 1. The minimum absolute atomic E-state index is 0.0256. The van der Waals surface area contributed by atoms with Gasteiger partial charge in [0, 0.05) is 38.4 Å². The smallest absolute Gasteiger partial charge is 0.409 e. The zero-order valence-electron chi connectivity index (χ0n) is 20.3. The number of anilines is 1. The standard InChI is InChI=1S/C24H29N5O4S2/c1-5-16(4)29-22(31)18(35-24(29)34)14-17-20(25-19-15(3)8-7-9-28(19)21(17)30)26-10-12-27(13-11-26)23(32)33-6-2/h7-9,14,16H,5-6,10-13H2,1-4H3/b18-14-/t16-/m0/s1. The van der Waals surface area contributed by atoms with Crippen molar-refractivity contribution in [1.82, 2.24) is 19.2 Å². The van der Waals surface area contributed by atoms with Gasteiger partial charge in [-0.05, 0) is 44.9 Å². The average molecular weight is 516 g/mol. The van der Waals surface area contributed by atoms with Gasteiger partial charge in [-0.25, -0.2) is 9.78 Å². The summed E-state index contributed by atoms with van der Waals surface area (Å²) in [6.07, 6.45) is 3.74. The average Bonchev–Trinajstić information content (AvgIpc) is 3.13. The van der Waals surface area contributed by atoms with Crippen molar-refractivity contribution < 1.29 is 14.3 Å². The second kappa shape index (κ2) is 10.4. The molecule has 0 spiro atoms. The number of carbonyl (C=O) groups is 2. The quantitative estimate of drug-likeness (QED) is 0.443. The van der Waals surface area contributed by atoms with Gasteiger partial charge in [-0.2, -0.15) is 0 Å². The molecule has 0 radical (unpaired) electrons. The number of ether oxygens (including phenoxy) is 1. The van der Waals surface area contributed by atoms with E-state index in [2.05, 4.69) is 0 Å². The summed E-state index contributed by atoms with van der Waals surface area (Å²) in [4.78, 5) is 49.5. The number of amides is 2. The third-order valence-corrected chi connectivity index (χ3v) is 7.63. The van der Waals surface area contributed by atoms with Crippen LogP contribution in [0.4, 0.5) is 10.6 Å². The molecule has 0 aromatic carbocycles. The van der Waals surface area contributed by atoms with Crippen LogP contribution in [0.1, 0.15) is 38.3 Å². The number of carbonyl (C=O) groups excluding carboxylic acids is 2. The molecule has 2 aromatic rings. The summed E-state index contributed by atoms with van der Waals surface area (Å²) in [7, 11) is 0. The maximum absolute atomic E-state index is 13.6. The van der Waals surface area contributed by atoms with Gasteiger partial charge >= 0.3 is 6.09 Å². The molecule has 4 rings (SSSR count). The molecule has 1 atom stereocenters. The Morgan fingerprint density at radius 2 is 1.97 bits per heavy atom. The molecule has 0 aliphatic carbocycles.